The van der Waals surface area contributed by atoms with Crippen LogP contribution in [0.1, 0.15) is 138 Å². The zero-order chi connectivity index (χ0) is 103. The van der Waals surface area contributed by atoms with Crippen LogP contribution in [0.3, 0.4) is 0 Å². The van der Waals surface area contributed by atoms with Crippen molar-refractivity contribution in [2.45, 2.75) is 353 Å². The summed E-state index contributed by atoms with van der Waals surface area (Å²) in [6, 6.07) is 0. The van der Waals surface area contributed by atoms with Crippen LogP contribution in [0.5, 0.6) is 0 Å². The Hall–Kier alpha value is -11.8. The first-order chi connectivity index (χ1) is 65.3. The SMILES string of the molecule is CC(=O)OCC1OC2OC3C(COC(C)=O)OC(OC4C(COC(C)=O)OC(OC5C(COC(C)=O)OC(OC6C(COC(C)=O)OC(OC7C(COC(C)=O)OC(OC8C(CN=[N+]=[N-])OC(OC1C(OC(C)=O)C2OC(C)=O)C(OC(C)=O)C8OC(C)=O)C(OC(C)=O)C7OC(C)=O)C(OC(C)=O)C6OC(C)=O)C(OC(C)=O)C5OC(C)=O)C(OC(C)=O)C4OC(C)=O)C(OC(C)=O)C3OC(C)=O. The largest absolute Gasteiger partial charge is 0.463 e. The van der Waals surface area contributed by atoms with Crippen LogP contribution < -0.4 is 0 Å². The highest BCUT2D eigenvalue weighted by Crippen LogP contribution is 2.45. The van der Waals surface area contributed by atoms with E-state index in [-0.39, 0.29) is 0 Å². The molecule has 35 unspecified atom stereocenters. The van der Waals surface area contributed by atoms with Crippen molar-refractivity contribution in [2.75, 3.05) is 46.2 Å². The molecule has 21 saturated heterocycles. The van der Waals surface area contributed by atoms with Crippen molar-refractivity contribution >= 4 is 119 Å². The van der Waals surface area contributed by atoms with Crippen LogP contribution in [-0.4, -0.2) is 381 Å². The Morgan fingerprint density at radius 2 is 0.295 bits per heavy atom. The number of hydrogen-bond donors (Lipinski definition) is 0. The van der Waals surface area contributed by atoms with Crippen LogP contribution >= 0.6 is 0 Å². The first-order valence-electron chi connectivity index (χ1n) is 42.7. The summed E-state index contributed by atoms with van der Waals surface area (Å²) < 4.78 is 209. The van der Waals surface area contributed by atoms with Crippen LogP contribution in [0.25, 0.3) is 10.4 Å². The molecule has 57 heteroatoms. The molecule has 0 amide bonds. The Kier molecular flexibility index (Phi) is 41.5. The van der Waals surface area contributed by atoms with E-state index in [9.17, 15) is 101 Å². The van der Waals surface area contributed by atoms with Gasteiger partial charge in [-0.2, -0.15) is 0 Å². The molecule has 139 heavy (non-hydrogen) atoms. The molecule has 57 nitrogen and oxygen atoms in total. The molecule has 0 spiro atoms. The van der Waals surface area contributed by atoms with E-state index >= 15 is 0 Å². The average molecular weight is 2000 g/mol. The van der Waals surface area contributed by atoms with Gasteiger partial charge in [-0.1, -0.05) is 5.11 Å². The maximum atomic E-state index is 13.9. The van der Waals surface area contributed by atoms with E-state index in [1.165, 1.54) is 0 Å². The normalized spacial score (nSPS) is 34.8. The molecule has 21 aliphatic rings. The number of carbonyl (C=O) groups excluding carboxylic acids is 20. The maximum Gasteiger partial charge on any atom is 0.303 e. The molecule has 21 fully saturated rings. The van der Waals surface area contributed by atoms with Gasteiger partial charge >= 0.3 is 119 Å². The summed E-state index contributed by atoms with van der Waals surface area (Å²) in [5.41, 5.74) is 10.1. The first kappa shape index (κ1) is 112. The lowest BCUT2D eigenvalue weighted by Gasteiger charge is -2.52. The predicted molar refractivity (Wildman–Crippen MR) is 426 cm³/mol. The zero-order valence-corrected chi connectivity index (χ0v) is 78.5. The fraction of sp³-hybridized carbons (Fsp3) is 0.756. The fourth-order valence-corrected chi connectivity index (χ4v) is 15.9. The summed E-state index contributed by atoms with van der Waals surface area (Å²) in [6.45, 7) is 8.66. The Morgan fingerprint density at radius 3 is 0.410 bits per heavy atom. The van der Waals surface area contributed by atoms with Crippen molar-refractivity contribution in [2.24, 2.45) is 5.11 Å². The number of esters is 20. The summed E-state index contributed by atoms with van der Waals surface area (Å²) in [4.78, 5) is 277. The second kappa shape index (κ2) is 51.4. The Morgan fingerprint density at radius 1 is 0.180 bits per heavy atom. The predicted octanol–water partition coefficient (Wildman–Crippen LogP) is -2.50. The first-order valence-corrected chi connectivity index (χ1v) is 42.7. The van der Waals surface area contributed by atoms with Gasteiger partial charge in [-0.15, -0.1) is 0 Å². The van der Waals surface area contributed by atoms with Gasteiger partial charge in [-0.05, 0) is 5.53 Å². The lowest BCUT2D eigenvalue weighted by atomic mass is 9.94. The van der Waals surface area contributed by atoms with Gasteiger partial charge in [0.1, 0.15) is 119 Å². The van der Waals surface area contributed by atoms with Crippen molar-refractivity contribution in [3.63, 3.8) is 0 Å². The number of rotatable bonds is 28. The Bertz CT molecular complexity index is 4360. The van der Waals surface area contributed by atoms with Gasteiger partial charge in [0.05, 0.1) is 12.6 Å². The lowest BCUT2D eigenvalue weighted by Crippen LogP contribution is -2.70. The molecule has 0 N–H and O–H groups in total. The molecule has 35 atom stereocenters. The molecule has 14 bridgehead atoms. The van der Waals surface area contributed by atoms with Crippen molar-refractivity contribution in [1.29, 1.82) is 0 Å². The summed E-state index contributed by atoms with van der Waals surface area (Å²) in [6.07, 6.45) is -81.2. The maximum absolute atomic E-state index is 13.9. The summed E-state index contributed by atoms with van der Waals surface area (Å²) >= 11 is 0. The summed E-state index contributed by atoms with van der Waals surface area (Å²) in [5.74, 6) is -25.0. The van der Waals surface area contributed by atoms with Crippen LogP contribution in [0.15, 0.2) is 5.11 Å². The quantitative estimate of drug-likeness (QED) is 0.0257. The van der Waals surface area contributed by atoms with Gasteiger partial charge in [0, 0.05) is 143 Å². The molecule has 0 aromatic rings. The van der Waals surface area contributed by atoms with Crippen LogP contribution in [0, 0.1) is 0 Å². The third-order valence-corrected chi connectivity index (χ3v) is 20.4. The molecule has 0 radical (unpaired) electrons. The van der Waals surface area contributed by atoms with E-state index in [0.29, 0.717) is 0 Å². The number of ether oxygens (including phenoxy) is 34. The third-order valence-electron chi connectivity index (χ3n) is 20.4. The van der Waals surface area contributed by atoms with Crippen molar-refractivity contribution < 1.29 is 257 Å². The topological polar surface area (TPSA) is 704 Å². The van der Waals surface area contributed by atoms with Crippen LogP contribution in [0.4, 0.5) is 0 Å². The van der Waals surface area contributed by atoms with Gasteiger partial charge < -0.3 is 161 Å². The van der Waals surface area contributed by atoms with Gasteiger partial charge in [-0.25, -0.2) is 0 Å². The van der Waals surface area contributed by atoms with E-state index in [2.05, 4.69) is 10.0 Å². The van der Waals surface area contributed by atoms with Gasteiger partial charge in [0.15, 0.2) is 129 Å². The molecule has 776 valence electrons. The highest BCUT2D eigenvalue weighted by Gasteiger charge is 2.66. The Balaban J connectivity index is 1.51. The van der Waals surface area contributed by atoms with Gasteiger partial charge in [-0.3, -0.25) is 95.9 Å². The van der Waals surface area contributed by atoms with Gasteiger partial charge in [0.2, 0.25) is 0 Å². The van der Waals surface area contributed by atoms with E-state index in [4.69, 9.17) is 161 Å². The van der Waals surface area contributed by atoms with Crippen molar-refractivity contribution in [3.8, 4) is 0 Å². The van der Waals surface area contributed by atoms with E-state index < -0.39 is 381 Å². The second-order valence-electron chi connectivity index (χ2n) is 31.8. The monoisotopic (exact) mass is 2000 g/mol. The van der Waals surface area contributed by atoms with Crippen molar-refractivity contribution in [1.82, 2.24) is 0 Å². The van der Waals surface area contributed by atoms with E-state index in [1.807, 2.05) is 0 Å². The fourth-order valence-electron chi connectivity index (χ4n) is 15.9. The third kappa shape index (κ3) is 32.1. The van der Waals surface area contributed by atoms with Crippen LogP contribution in [-0.2, 0) is 257 Å². The second-order valence-corrected chi connectivity index (χ2v) is 31.8. The molecule has 0 aliphatic carbocycles. The zero-order valence-electron chi connectivity index (χ0n) is 78.5. The molecule has 0 saturated carbocycles. The Labute approximate surface area is 788 Å². The molecular formula is C82H109N3O54. The number of hydrogen-bond acceptors (Lipinski definition) is 55. The highest BCUT2D eigenvalue weighted by molar-refractivity contribution is 5.73. The number of nitrogens with zero attached hydrogens (tertiary/aromatic N) is 3. The molecule has 0 aromatic heterocycles. The molecular weight excluding hydrogens is 1890 g/mol. The number of carbonyl (C=O) groups is 20. The van der Waals surface area contributed by atoms with Gasteiger partial charge in [0.25, 0.3) is 0 Å². The summed E-state index contributed by atoms with van der Waals surface area (Å²) in [7, 11) is 0. The lowest BCUT2D eigenvalue weighted by molar-refractivity contribution is -0.396. The standard InChI is InChI=1S/C82H109N3O54/c1-28(86)106-22-49-56-63(113-35(8)93)71(121-43(16)101)78(128-49)136-58-51(24-108-30(3)88)130-80(73(123-45(18)103)65(58)115-37(10)95)138-60-53(26-110-32(5)90)132-82(75(125-47(20)105)67(60)117-39(12)97)139-61-54(27-111-33(6)91)131-81(74(124-46(19)104)68(61)118-40(13)98)137-59-52(25-109-31(4)89)129-79(72(122-44(17)102)66(59)116-38(11)96)135-57-50(23-107-29(2)87)127-77(70(120-42(15)100)64(57)114-36(9)94)133-55-48(21-84-85-83)126-76(134-56)69(119-41(14)99)62(55)112-34(7)92/h48-82H,21-27H2,1-20H3. The summed E-state index contributed by atoms with van der Waals surface area (Å²) in [5, 5.41) is 3.66. The minimum Gasteiger partial charge on any atom is -0.463 e. The molecule has 21 rings (SSSR count). The molecule has 21 heterocycles. The highest BCUT2D eigenvalue weighted by atomic mass is 16.8. The average Bonchev–Trinajstić information content (AvgIpc) is 0.849. The van der Waals surface area contributed by atoms with Crippen molar-refractivity contribution in [3.05, 3.63) is 10.4 Å². The minimum absolute atomic E-state index is 0.792. The smallest absolute Gasteiger partial charge is 0.303 e. The molecule has 0 aromatic carbocycles. The minimum atomic E-state index is -2.47. The number of azide groups is 1. The van der Waals surface area contributed by atoms with Crippen LogP contribution in [0.2, 0.25) is 0 Å². The van der Waals surface area contributed by atoms with E-state index in [1.54, 1.807) is 0 Å². The molecule has 21 aliphatic heterocycles. The van der Waals surface area contributed by atoms with E-state index in [0.717, 1.165) is 138 Å².